The molecule has 0 fully saturated rings. The summed E-state index contributed by atoms with van der Waals surface area (Å²) in [5.74, 6) is 0. The van der Waals surface area contributed by atoms with E-state index in [4.69, 9.17) is 0 Å². The topological polar surface area (TPSA) is 0 Å². The summed E-state index contributed by atoms with van der Waals surface area (Å²) in [4.78, 5) is 2.83. The summed E-state index contributed by atoms with van der Waals surface area (Å²) >= 11 is 0. The minimum Gasteiger partial charge on any atom is -0.179 e. The van der Waals surface area contributed by atoms with E-state index < -0.39 is 0 Å². The predicted molar refractivity (Wildman–Crippen MR) is 76.1 cm³/mol. The van der Waals surface area contributed by atoms with E-state index in [0.717, 1.165) is 0 Å². The molecule has 2 aromatic rings. The highest BCUT2D eigenvalue weighted by molar-refractivity contribution is 8.27. The van der Waals surface area contributed by atoms with Crippen LogP contribution in [0.5, 0.6) is 0 Å². The van der Waals surface area contributed by atoms with E-state index in [9.17, 15) is 0 Å². The maximum Gasteiger partial charge on any atom is 0.00228 e. The third-order valence-electron chi connectivity index (χ3n) is 2.80. The van der Waals surface area contributed by atoms with E-state index >= 15 is 0 Å². The highest BCUT2D eigenvalue weighted by atomic mass is 32.2. The normalized spacial score (nSPS) is 20.2. The fourth-order valence-corrected chi connectivity index (χ4v) is 4.00. The first-order chi connectivity index (χ1) is 8.45. The molecule has 0 saturated heterocycles. The first-order valence-corrected chi connectivity index (χ1v) is 7.05. The molecule has 17 heavy (non-hydrogen) atoms. The summed E-state index contributed by atoms with van der Waals surface area (Å²) < 4.78 is 0. The summed E-state index contributed by atoms with van der Waals surface area (Å²) in [5, 5.41) is 2.31. The Morgan fingerprint density at radius 3 is 2.41 bits per heavy atom. The second-order valence-corrected chi connectivity index (χ2v) is 5.92. The first kappa shape index (κ1) is 10.4. The smallest absolute Gasteiger partial charge is 0.00228 e. The number of allylic oxidation sites excluding steroid dienone is 2. The average Bonchev–Trinajstić information content (AvgIpc) is 2.90. The molecule has 1 heteroatoms. The van der Waals surface area contributed by atoms with E-state index in [2.05, 4.69) is 66.1 Å². The Hall–Kier alpha value is -1.73. The van der Waals surface area contributed by atoms with Gasteiger partial charge in [0.05, 0.1) is 0 Å². The van der Waals surface area contributed by atoms with Gasteiger partial charge in [-0.05, 0) is 40.1 Å². The number of hydrogen-bond acceptors (Lipinski definition) is 0. The van der Waals surface area contributed by atoms with Gasteiger partial charge in [0.2, 0.25) is 0 Å². The zero-order chi connectivity index (χ0) is 11.5. The lowest BCUT2D eigenvalue weighted by Crippen LogP contribution is -1.83. The second-order valence-electron chi connectivity index (χ2n) is 3.89. The monoisotopic (exact) mass is 237 g/mol. The molecule has 0 aromatic heterocycles. The quantitative estimate of drug-likeness (QED) is 0.735. The molecule has 83 valence electrons. The maximum atomic E-state index is 3.08. The van der Waals surface area contributed by atoms with Crippen LogP contribution in [0.3, 0.4) is 0 Å². The van der Waals surface area contributed by atoms with Crippen molar-refractivity contribution in [2.24, 2.45) is 0 Å². The van der Waals surface area contributed by atoms with Gasteiger partial charge in [-0.15, -0.1) is 0 Å². The Bertz CT molecular complexity index is 553. The molecule has 0 spiro atoms. The van der Waals surface area contributed by atoms with E-state index in [1.165, 1.54) is 15.4 Å². The third kappa shape index (κ3) is 2.06. The fraction of sp³-hybridized carbons (Fsp3) is 0. The molecule has 1 unspecified atom stereocenters. The summed E-state index contributed by atoms with van der Waals surface area (Å²) in [6.45, 7) is 0. The maximum absolute atomic E-state index is 3.08. The average molecular weight is 237 g/mol. The molecule has 0 bridgehead atoms. The standard InChI is InChI=1S/C16H13S/c1-3-8-14(9-4-1)16-12-7-13-17(16)15-10-5-2-6-11-15/h1,3-13,17H. The lowest BCUT2D eigenvalue weighted by atomic mass is 10.2. The molecule has 0 N–H and O–H groups in total. The van der Waals surface area contributed by atoms with Crippen LogP contribution in [0, 0.1) is 6.07 Å². The molecule has 0 aliphatic carbocycles. The molecule has 1 aliphatic rings. The van der Waals surface area contributed by atoms with Crippen molar-refractivity contribution in [3.05, 3.63) is 83.8 Å². The Labute approximate surface area is 105 Å². The van der Waals surface area contributed by atoms with Crippen molar-refractivity contribution in [3.8, 4) is 0 Å². The molecule has 1 atom stereocenters. The van der Waals surface area contributed by atoms with Crippen molar-refractivity contribution in [2.45, 2.75) is 4.90 Å². The molecule has 1 aliphatic heterocycles. The van der Waals surface area contributed by atoms with Gasteiger partial charge in [-0.3, -0.25) is 0 Å². The molecule has 1 heterocycles. The predicted octanol–water partition coefficient (Wildman–Crippen LogP) is 4.42. The zero-order valence-corrected chi connectivity index (χ0v) is 10.3. The first-order valence-electron chi connectivity index (χ1n) is 5.64. The number of thiol groups is 1. The Morgan fingerprint density at radius 1 is 0.882 bits per heavy atom. The van der Waals surface area contributed by atoms with Crippen LogP contribution in [0.25, 0.3) is 4.91 Å². The Balaban J connectivity index is 1.98. The van der Waals surface area contributed by atoms with Crippen molar-refractivity contribution < 1.29 is 0 Å². The van der Waals surface area contributed by atoms with E-state index in [-0.39, 0.29) is 10.9 Å². The fourth-order valence-electron chi connectivity index (χ4n) is 1.99. The van der Waals surface area contributed by atoms with Crippen molar-refractivity contribution in [1.29, 1.82) is 0 Å². The minimum atomic E-state index is -0.319. The summed E-state index contributed by atoms with van der Waals surface area (Å²) in [7, 11) is -0.319. The number of benzene rings is 2. The van der Waals surface area contributed by atoms with Crippen molar-refractivity contribution in [2.75, 3.05) is 0 Å². The molecular weight excluding hydrogens is 224 g/mol. The van der Waals surface area contributed by atoms with Crippen LogP contribution < -0.4 is 0 Å². The molecule has 2 aromatic carbocycles. The zero-order valence-electron chi connectivity index (χ0n) is 9.38. The van der Waals surface area contributed by atoms with Gasteiger partial charge in [-0.1, -0.05) is 48.5 Å². The van der Waals surface area contributed by atoms with Crippen molar-refractivity contribution in [3.63, 3.8) is 0 Å². The van der Waals surface area contributed by atoms with E-state index in [1.807, 2.05) is 12.1 Å². The van der Waals surface area contributed by atoms with Crippen LogP contribution in [0.1, 0.15) is 5.56 Å². The molecule has 0 nitrogen and oxygen atoms in total. The van der Waals surface area contributed by atoms with Gasteiger partial charge >= 0.3 is 0 Å². The van der Waals surface area contributed by atoms with Crippen LogP contribution >= 0.6 is 10.9 Å². The van der Waals surface area contributed by atoms with Crippen molar-refractivity contribution >= 4 is 15.8 Å². The van der Waals surface area contributed by atoms with E-state index in [1.54, 1.807) is 0 Å². The second kappa shape index (κ2) is 4.64. The lowest BCUT2D eigenvalue weighted by molar-refractivity contribution is 1.46. The third-order valence-corrected chi connectivity index (χ3v) is 5.05. The summed E-state index contributed by atoms with van der Waals surface area (Å²) in [5.41, 5.74) is 1.33. The Morgan fingerprint density at radius 2 is 1.65 bits per heavy atom. The summed E-state index contributed by atoms with van der Waals surface area (Å²) in [6.07, 6.45) is 4.41. The minimum absolute atomic E-state index is 0.319. The lowest BCUT2D eigenvalue weighted by Gasteiger charge is -2.18. The SMILES string of the molecule is [c]1ccc([SH]2C=CC=C2c2ccccc2)cc1. The van der Waals surface area contributed by atoms with Gasteiger partial charge in [0.1, 0.15) is 0 Å². The van der Waals surface area contributed by atoms with Crippen LogP contribution in [0.15, 0.2) is 77.1 Å². The largest absolute Gasteiger partial charge is 0.179 e. The van der Waals surface area contributed by atoms with Gasteiger partial charge in [-0.2, -0.15) is 10.9 Å². The van der Waals surface area contributed by atoms with Gasteiger partial charge in [0.25, 0.3) is 0 Å². The number of rotatable bonds is 2. The molecular formula is C16H13S. The number of hydrogen-bond donors (Lipinski definition) is 1. The van der Waals surface area contributed by atoms with Crippen LogP contribution in [0.4, 0.5) is 0 Å². The highest BCUT2D eigenvalue weighted by Gasteiger charge is 2.14. The molecule has 0 amide bonds. The van der Waals surface area contributed by atoms with Gasteiger partial charge < -0.3 is 0 Å². The van der Waals surface area contributed by atoms with Crippen LogP contribution in [0.2, 0.25) is 0 Å². The highest BCUT2D eigenvalue weighted by Crippen LogP contribution is 2.52. The van der Waals surface area contributed by atoms with Crippen LogP contribution in [-0.2, 0) is 0 Å². The molecule has 1 radical (unpaired) electrons. The van der Waals surface area contributed by atoms with Crippen LogP contribution in [-0.4, -0.2) is 0 Å². The van der Waals surface area contributed by atoms with Gasteiger partial charge in [0.15, 0.2) is 0 Å². The van der Waals surface area contributed by atoms with Gasteiger partial charge in [0, 0.05) is 4.91 Å². The summed E-state index contributed by atoms with van der Waals surface area (Å²) in [6, 6.07) is 22.0. The molecule has 0 saturated carbocycles. The Kier molecular flexibility index (Phi) is 2.85. The van der Waals surface area contributed by atoms with E-state index in [0.29, 0.717) is 0 Å². The van der Waals surface area contributed by atoms with Crippen molar-refractivity contribution in [1.82, 2.24) is 0 Å². The van der Waals surface area contributed by atoms with Gasteiger partial charge in [-0.25, -0.2) is 0 Å². The molecule has 3 rings (SSSR count).